The quantitative estimate of drug-likeness (QED) is 0.149. The van der Waals surface area contributed by atoms with Crippen molar-refractivity contribution in [2.75, 3.05) is 6.61 Å². The van der Waals surface area contributed by atoms with E-state index in [9.17, 15) is 14.4 Å². The molecule has 0 aromatic heterocycles. The minimum atomic E-state index is -0.869. The average molecular weight is 639 g/mol. The molecular weight excluding hydrogens is 580 g/mol. The fourth-order valence-electron chi connectivity index (χ4n) is 13.9. The van der Waals surface area contributed by atoms with E-state index < -0.39 is 40.7 Å². The van der Waals surface area contributed by atoms with Gasteiger partial charge >= 0.3 is 23.9 Å². The van der Waals surface area contributed by atoms with E-state index in [4.69, 9.17) is 14.2 Å². The molecule has 8 fully saturated rings. The highest BCUT2D eigenvalue weighted by Gasteiger charge is 2.66. The molecule has 2 aliphatic heterocycles. The van der Waals surface area contributed by atoms with E-state index in [0.717, 1.165) is 43.4 Å². The van der Waals surface area contributed by atoms with Crippen LogP contribution in [0.3, 0.4) is 0 Å². The molecule has 2 saturated heterocycles. The number of carbonyl (C=O) groups excluding carboxylic acids is 4. The second-order valence-electron chi connectivity index (χ2n) is 19.2. The normalized spacial score (nSPS) is 44.7. The van der Waals surface area contributed by atoms with Gasteiger partial charge in [0.1, 0.15) is 5.60 Å². The summed E-state index contributed by atoms with van der Waals surface area (Å²) in [5.41, 5.74) is -1.79. The molecule has 0 aromatic rings. The fourth-order valence-corrected chi connectivity index (χ4v) is 13.9. The van der Waals surface area contributed by atoms with Crippen LogP contribution in [0, 0.1) is 93.2 Å². The van der Waals surface area contributed by atoms with Crippen molar-refractivity contribution in [2.24, 2.45) is 93.2 Å². The van der Waals surface area contributed by atoms with Gasteiger partial charge in [0.2, 0.25) is 0 Å². The van der Waals surface area contributed by atoms with Gasteiger partial charge in [-0.05, 0) is 116 Å². The molecule has 6 saturated carbocycles. The molecule has 10 atom stereocenters. The molecular formula is C39H58O7. The number of rotatable bonds is 9. The Hall–Kier alpha value is -1.92. The predicted molar refractivity (Wildman–Crippen MR) is 172 cm³/mol. The van der Waals surface area contributed by atoms with E-state index in [1.807, 2.05) is 13.8 Å². The maximum Gasteiger partial charge on any atom is 0.318 e. The standard InChI is InChI=1S/C39H58O7/c1-19(2)38(9,39-14-22-10-23(15-39)12-24(11-22)16-39)46-33(41)28(37(7,8)31-21(4)32(40)45-35(31)43)17-36(5,6)30-20(3)25-13-26(30)27-18-44-34(42)29(25)27/h19-31H,10-18H2,1-9H3. The molecule has 0 spiro atoms. The molecule has 6 aliphatic carbocycles. The molecule has 46 heavy (non-hydrogen) atoms. The number of carbonyl (C=O) groups is 4. The summed E-state index contributed by atoms with van der Waals surface area (Å²) < 4.78 is 17.8. The molecule has 7 nitrogen and oxygen atoms in total. The summed E-state index contributed by atoms with van der Waals surface area (Å²) in [7, 11) is 0. The lowest BCUT2D eigenvalue weighted by molar-refractivity contribution is -0.225. The third kappa shape index (κ3) is 4.54. The van der Waals surface area contributed by atoms with Crippen LogP contribution in [0.4, 0.5) is 0 Å². The Kier molecular flexibility index (Phi) is 7.47. The Morgan fingerprint density at radius 2 is 1.43 bits per heavy atom. The Morgan fingerprint density at radius 1 is 0.848 bits per heavy atom. The maximum absolute atomic E-state index is 15.1. The lowest BCUT2D eigenvalue weighted by Gasteiger charge is -2.63. The monoisotopic (exact) mass is 638 g/mol. The second-order valence-corrected chi connectivity index (χ2v) is 19.2. The van der Waals surface area contributed by atoms with Crippen LogP contribution in [0.5, 0.6) is 0 Å². The van der Waals surface area contributed by atoms with Crippen LogP contribution in [0.2, 0.25) is 0 Å². The maximum atomic E-state index is 15.1. The van der Waals surface area contributed by atoms with E-state index in [0.29, 0.717) is 36.7 Å². The van der Waals surface area contributed by atoms with Gasteiger partial charge in [0, 0.05) is 11.3 Å². The molecule has 0 amide bonds. The molecule has 8 aliphatic rings. The van der Waals surface area contributed by atoms with Crippen molar-refractivity contribution in [3.05, 3.63) is 0 Å². The Balaban J connectivity index is 1.23. The Bertz CT molecular complexity index is 1280. The van der Waals surface area contributed by atoms with Crippen LogP contribution in [0.15, 0.2) is 0 Å². The molecule has 6 bridgehead atoms. The zero-order valence-electron chi connectivity index (χ0n) is 29.7. The number of ether oxygens (including phenoxy) is 3. The molecule has 8 rings (SSSR count). The number of hydrogen-bond acceptors (Lipinski definition) is 7. The number of hydrogen-bond donors (Lipinski definition) is 0. The molecule has 0 N–H and O–H groups in total. The van der Waals surface area contributed by atoms with Crippen molar-refractivity contribution in [3.8, 4) is 0 Å². The highest BCUT2D eigenvalue weighted by molar-refractivity contribution is 5.97. The highest BCUT2D eigenvalue weighted by Crippen LogP contribution is 2.68. The second kappa shape index (κ2) is 10.5. The zero-order chi connectivity index (χ0) is 33.3. The van der Waals surface area contributed by atoms with Crippen LogP contribution in [0.1, 0.15) is 114 Å². The first-order valence-electron chi connectivity index (χ1n) is 18.5. The van der Waals surface area contributed by atoms with Gasteiger partial charge in [-0.15, -0.1) is 0 Å². The van der Waals surface area contributed by atoms with Gasteiger partial charge in [0.05, 0.1) is 30.3 Å². The van der Waals surface area contributed by atoms with E-state index in [1.165, 1.54) is 19.3 Å². The van der Waals surface area contributed by atoms with Gasteiger partial charge in [-0.3, -0.25) is 19.2 Å². The zero-order valence-corrected chi connectivity index (χ0v) is 29.7. The molecule has 0 radical (unpaired) electrons. The minimum Gasteiger partial charge on any atom is -0.465 e. The van der Waals surface area contributed by atoms with Crippen LogP contribution in [-0.2, 0) is 33.4 Å². The number of fused-ring (bicyclic) bond motifs is 5. The number of esters is 4. The molecule has 256 valence electrons. The fraction of sp³-hybridized carbons (Fsp3) is 0.897. The third-order valence-corrected chi connectivity index (χ3v) is 15.9. The topological polar surface area (TPSA) is 96.0 Å². The molecule has 2 heterocycles. The summed E-state index contributed by atoms with van der Waals surface area (Å²) in [5.74, 6) is 0.677. The third-order valence-electron chi connectivity index (χ3n) is 15.9. The van der Waals surface area contributed by atoms with Gasteiger partial charge in [-0.1, -0.05) is 55.4 Å². The van der Waals surface area contributed by atoms with E-state index in [-0.39, 0.29) is 40.5 Å². The summed E-state index contributed by atoms with van der Waals surface area (Å²) in [4.78, 5) is 53.7. The summed E-state index contributed by atoms with van der Waals surface area (Å²) in [6, 6.07) is 0. The number of cyclic esters (lactones) is 3. The lowest BCUT2D eigenvalue weighted by Crippen LogP contribution is -2.61. The van der Waals surface area contributed by atoms with Gasteiger partial charge in [0.25, 0.3) is 0 Å². The first-order chi connectivity index (χ1) is 21.4. The minimum absolute atomic E-state index is 0.0106. The summed E-state index contributed by atoms with van der Waals surface area (Å²) in [5, 5.41) is 0. The smallest absolute Gasteiger partial charge is 0.318 e. The van der Waals surface area contributed by atoms with Crippen molar-refractivity contribution < 1.29 is 33.4 Å². The van der Waals surface area contributed by atoms with E-state index in [2.05, 4.69) is 41.5 Å². The first kappa shape index (κ1) is 32.6. The van der Waals surface area contributed by atoms with Gasteiger partial charge in [-0.25, -0.2) is 0 Å². The lowest BCUT2D eigenvalue weighted by atomic mass is 9.44. The van der Waals surface area contributed by atoms with Crippen molar-refractivity contribution >= 4 is 23.9 Å². The molecule has 7 heteroatoms. The Morgan fingerprint density at radius 3 is 1.96 bits per heavy atom. The largest absolute Gasteiger partial charge is 0.465 e. The predicted octanol–water partition coefficient (Wildman–Crippen LogP) is 7.25. The van der Waals surface area contributed by atoms with Crippen LogP contribution in [0.25, 0.3) is 0 Å². The summed E-state index contributed by atoms with van der Waals surface area (Å²) >= 11 is 0. The molecule has 10 unspecified atom stereocenters. The van der Waals surface area contributed by atoms with Crippen molar-refractivity contribution in [2.45, 2.75) is 119 Å². The van der Waals surface area contributed by atoms with Gasteiger partial charge < -0.3 is 14.2 Å². The van der Waals surface area contributed by atoms with Gasteiger partial charge in [-0.2, -0.15) is 0 Å². The van der Waals surface area contributed by atoms with E-state index >= 15 is 4.79 Å². The van der Waals surface area contributed by atoms with Crippen molar-refractivity contribution in [3.63, 3.8) is 0 Å². The van der Waals surface area contributed by atoms with Gasteiger partial charge in [0.15, 0.2) is 0 Å². The Labute approximate surface area is 276 Å². The average Bonchev–Trinajstić information content (AvgIpc) is 3.67. The summed E-state index contributed by atoms with van der Waals surface area (Å²) in [6.07, 6.45) is 8.94. The SMILES string of the molecule is CC1C(=O)OC(=O)C1C(C)(C)C(CC(C)(C)C1C(C)C2CC1C1COC(=O)C21)C(=O)OC(C)(C(C)C)C12CC3CC(CC(C3)C1)C2. The van der Waals surface area contributed by atoms with Crippen LogP contribution < -0.4 is 0 Å². The van der Waals surface area contributed by atoms with Crippen molar-refractivity contribution in [1.82, 2.24) is 0 Å². The first-order valence-corrected chi connectivity index (χ1v) is 18.5. The van der Waals surface area contributed by atoms with Crippen LogP contribution in [-0.4, -0.2) is 36.1 Å². The summed E-state index contributed by atoms with van der Waals surface area (Å²) in [6.45, 7) is 19.7. The van der Waals surface area contributed by atoms with E-state index in [1.54, 1.807) is 6.92 Å². The highest BCUT2D eigenvalue weighted by atomic mass is 16.6. The van der Waals surface area contributed by atoms with Crippen molar-refractivity contribution in [1.29, 1.82) is 0 Å². The van der Waals surface area contributed by atoms with Crippen LogP contribution >= 0.6 is 0 Å². The molecule has 0 aromatic carbocycles.